The van der Waals surface area contributed by atoms with Crippen LogP contribution >= 0.6 is 23.8 Å². The van der Waals surface area contributed by atoms with Crippen molar-refractivity contribution in [1.82, 2.24) is 0 Å². The van der Waals surface area contributed by atoms with E-state index in [2.05, 4.69) is 10.6 Å². The third kappa shape index (κ3) is 4.78. The van der Waals surface area contributed by atoms with Gasteiger partial charge in [-0.25, -0.2) is 0 Å². The minimum Gasteiger partial charge on any atom is -0.342 e. The first kappa shape index (κ1) is 18.8. The van der Waals surface area contributed by atoms with Gasteiger partial charge in [-0.2, -0.15) is 0 Å². The van der Waals surface area contributed by atoms with Crippen LogP contribution < -0.4 is 10.6 Å². The first-order chi connectivity index (χ1) is 13.0. The molecular weight excluding hydrogens is 380 g/mol. The van der Waals surface area contributed by atoms with Crippen LogP contribution in [-0.2, 0) is 4.79 Å². The second kappa shape index (κ2) is 8.58. The largest absolute Gasteiger partial charge is 0.342 e. The van der Waals surface area contributed by atoms with E-state index in [1.807, 2.05) is 24.3 Å². The average molecular weight is 395 g/mol. The van der Waals surface area contributed by atoms with Crippen LogP contribution in [0.2, 0.25) is 5.02 Å². The molecule has 0 radical (unpaired) electrons. The second-order valence-electron chi connectivity index (χ2n) is 5.66. The third-order valence-electron chi connectivity index (χ3n) is 3.75. The van der Waals surface area contributed by atoms with Gasteiger partial charge in [-0.3, -0.25) is 9.59 Å². The number of carbonyl (C=O) groups excluding carboxylic acids is 2. The maximum Gasteiger partial charge on any atom is 0.283 e. The molecular formula is C21H15ClN2O2S. The zero-order chi connectivity index (χ0) is 19.2. The van der Waals surface area contributed by atoms with E-state index < -0.39 is 5.91 Å². The van der Waals surface area contributed by atoms with Gasteiger partial charge in [-0.15, -0.1) is 0 Å². The van der Waals surface area contributed by atoms with E-state index in [0.29, 0.717) is 27.5 Å². The fraction of sp³-hybridized carbons (Fsp3) is 0. The van der Waals surface area contributed by atoms with Crippen molar-refractivity contribution in [2.24, 2.45) is 0 Å². The standard InChI is InChI=1S/C21H15ClN2O2S/c22-15-11-12-18(17(13-15)19(25)14-7-3-1-4-8-14)24-20(26)21(27)23-16-9-5-2-6-10-16/h1-13H,(H,23,27)(H,24,26). The number of anilines is 2. The highest BCUT2D eigenvalue weighted by atomic mass is 35.5. The molecule has 3 rings (SSSR count). The molecule has 6 heteroatoms. The van der Waals surface area contributed by atoms with Crippen molar-refractivity contribution in [3.8, 4) is 0 Å². The van der Waals surface area contributed by atoms with Crippen molar-refractivity contribution >= 4 is 51.9 Å². The first-order valence-corrected chi connectivity index (χ1v) is 8.90. The lowest BCUT2D eigenvalue weighted by atomic mass is 10.0. The molecule has 4 nitrogen and oxygen atoms in total. The summed E-state index contributed by atoms with van der Waals surface area (Å²) in [5.41, 5.74) is 1.84. The van der Waals surface area contributed by atoms with Crippen LogP contribution in [0.5, 0.6) is 0 Å². The van der Waals surface area contributed by atoms with Crippen molar-refractivity contribution in [1.29, 1.82) is 0 Å². The summed E-state index contributed by atoms with van der Waals surface area (Å²) < 4.78 is 0. The smallest absolute Gasteiger partial charge is 0.283 e. The second-order valence-corrected chi connectivity index (χ2v) is 6.50. The van der Waals surface area contributed by atoms with Crippen LogP contribution in [0.15, 0.2) is 78.9 Å². The molecule has 0 saturated heterocycles. The number of halogens is 1. The fourth-order valence-corrected chi connectivity index (χ4v) is 2.79. The van der Waals surface area contributed by atoms with Crippen LogP contribution in [0, 0.1) is 0 Å². The number of rotatable bonds is 4. The molecule has 27 heavy (non-hydrogen) atoms. The molecule has 3 aromatic carbocycles. The van der Waals surface area contributed by atoms with Gasteiger partial charge >= 0.3 is 0 Å². The van der Waals surface area contributed by atoms with E-state index >= 15 is 0 Å². The van der Waals surface area contributed by atoms with Crippen LogP contribution in [0.3, 0.4) is 0 Å². The Hall–Kier alpha value is -3.02. The van der Waals surface area contributed by atoms with Gasteiger partial charge in [0.15, 0.2) is 10.8 Å². The van der Waals surface area contributed by atoms with E-state index in [0.717, 1.165) is 0 Å². The van der Waals surface area contributed by atoms with Gasteiger partial charge in [-0.05, 0) is 30.3 Å². The topological polar surface area (TPSA) is 58.2 Å². The number of thiocarbonyl (C=S) groups is 1. The van der Waals surface area contributed by atoms with Crippen LogP contribution in [0.25, 0.3) is 0 Å². The van der Waals surface area contributed by atoms with Crippen LogP contribution in [0.4, 0.5) is 11.4 Å². The molecule has 0 aliphatic heterocycles. The summed E-state index contributed by atoms with van der Waals surface area (Å²) in [5.74, 6) is -0.756. The highest BCUT2D eigenvalue weighted by molar-refractivity contribution is 7.82. The Balaban J connectivity index is 1.81. The Labute approximate surface area is 167 Å². The summed E-state index contributed by atoms with van der Waals surface area (Å²) in [7, 11) is 0. The zero-order valence-corrected chi connectivity index (χ0v) is 15.7. The van der Waals surface area contributed by atoms with Crippen molar-refractivity contribution in [3.63, 3.8) is 0 Å². The molecule has 1 amide bonds. The predicted octanol–water partition coefficient (Wildman–Crippen LogP) is 4.95. The Morgan fingerprint density at radius 2 is 1.44 bits per heavy atom. The number of ketones is 1. The first-order valence-electron chi connectivity index (χ1n) is 8.11. The number of hydrogen-bond donors (Lipinski definition) is 2. The van der Waals surface area contributed by atoms with E-state index in [1.54, 1.807) is 48.5 Å². The van der Waals surface area contributed by atoms with E-state index in [9.17, 15) is 9.59 Å². The minimum absolute atomic E-state index is 0.00531. The SMILES string of the molecule is O=C(Nc1ccc(Cl)cc1C(=O)c1ccccc1)C(=S)Nc1ccccc1. The van der Waals surface area contributed by atoms with Crippen LogP contribution in [0.1, 0.15) is 15.9 Å². The van der Waals surface area contributed by atoms with Crippen LogP contribution in [-0.4, -0.2) is 16.7 Å². The van der Waals surface area contributed by atoms with Gasteiger partial charge in [0.1, 0.15) is 0 Å². The van der Waals surface area contributed by atoms with Gasteiger partial charge in [0.05, 0.1) is 5.69 Å². The fourth-order valence-electron chi connectivity index (χ4n) is 2.45. The van der Waals surface area contributed by atoms with Crippen molar-refractivity contribution in [2.45, 2.75) is 0 Å². The molecule has 0 aliphatic carbocycles. The summed E-state index contributed by atoms with van der Waals surface area (Å²) in [6.07, 6.45) is 0. The molecule has 0 atom stereocenters. The lowest BCUT2D eigenvalue weighted by molar-refractivity contribution is -0.110. The molecule has 0 aliphatic rings. The Morgan fingerprint density at radius 3 is 2.11 bits per heavy atom. The molecule has 0 fully saturated rings. The van der Waals surface area contributed by atoms with Gasteiger partial charge in [0, 0.05) is 21.8 Å². The van der Waals surface area contributed by atoms with Gasteiger partial charge in [0.25, 0.3) is 5.91 Å². The summed E-state index contributed by atoms with van der Waals surface area (Å²) >= 11 is 11.2. The highest BCUT2D eigenvalue weighted by Crippen LogP contribution is 2.24. The minimum atomic E-state index is -0.515. The van der Waals surface area contributed by atoms with Gasteiger partial charge in [-0.1, -0.05) is 72.3 Å². The Bertz CT molecular complexity index is 992. The molecule has 2 N–H and O–H groups in total. The number of nitrogens with one attached hydrogen (secondary N) is 2. The van der Waals surface area contributed by atoms with Gasteiger partial charge in [0.2, 0.25) is 0 Å². The quantitative estimate of drug-likeness (QED) is 0.485. The number of para-hydroxylation sites is 1. The number of amides is 1. The molecule has 0 aromatic heterocycles. The number of hydrogen-bond acceptors (Lipinski definition) is 3. The summed E-state index contributed by atoms with van der Waals surface area (Å²) in [6, 6.07) is 22.6. The molecule has 0 bridgehead atoms. The lowest BCUT2D eigenvalue weighted by Gasteiger charge is -2.12. The molecule has 3 aromatic rings. The monoisotopic (exact) mass is 394 g/mol. The van der Waals surface area contributed by atoms with E-state index in [4.69, 9.17) is 23.8 Å². The highest BCUT2D eigenvalue weighted by Gasteiger charge is 2.17. The third-order valence-corrected chi connectivity index (χ3v) is 4.27. The summed E-state index contributed by atoms with van der Waals surface area (Å²) in [6.45, 7) is 0. The number of carbonyl (C=O) groups is 2. The number of benzene rings is 3. The summed E-state index contributed by atoms with van der Waals surface area (Å²) in [5, 5.41) is 5.95. The molecule has 134 valence electrons. The van der Waals surface area contributed by atoms with E-state index in [1.165, 1.54) is 6.07 Å². The molecule has 0 unspecified atom stereocenters. The van der Waals surface area contributed by atoms with E-state index in [-0.39, 0.29) is 10.8 Å². The van der Waals surface area contributed by atoms with Crippen molar-refractivity contribution in [2.75, 3.05) is 10.6 Å². The van der Waals surface area contributed by atoms with Crippen molar-refractivity contribution in [3.05, 3.63) is 95.0 Å². The molecule has 0 spiro atoms. The predicted molar refractivity (Wildman–Crippen MR) is 113 cm³/mol. The molecule has 0 heterocycles. The van der Waals surface area contributed by atoms with Crippen molar-refractivity contribution < 1.29 is 9.59 Å². The molecule has 0 saturated carbocycles. The average Bonchev–Trinajstić information content (AvgIpc) is 2.70. The summed E-state index contributed by atoms with van der Waals surface area (Å²) in [4.78, 5) is 25.3. The van der Waals surface area contributed by atoms with Gasteiger partial charge < -0.3 is 10.6 Å². The maximum atomic E-state index is 12.8. The maximum absolute atomic E-state index is 12.8. The zero-order valence-electron chi connectivity index (χ0n) is 14.1. The lowest BCUT2D eigenvalue weighted by Crippen LogP contribution is -2.28. The Morgan fingerprint density at radius 1 is 0.815 bits per heavy atom. The Kier molecular flexibility index (Phi) is 5.96. The normalized spacial score (nSPS) is 10.1.